The van der Waals surface area contributed by atoms with E-state index in [0.717, 1.165) is 21.9 Å². The molecular weight excluding hydrogens is 377 g/mol. The average molecular weight is 397 g/mol. The maximum atomic E-state index is 14.0. The van der Waals surface area contributed by atoms with Crippen LogP contribution in [0.15, 0.2) is 59.4 Å². The largest absolute Gasteiger partial charge is 0.469 e. The van der Waals surface area contributed by atoms with Gasteiger partial charge in [0.25, 0.3) is 11.5 Å². The Morgan fingerprint density at radius 1 is 1.17 bits per heavy atom. The molecule has 2 N–H and O–H groups in total. The van der Waals surface area contributed by atoms with Gasteiger partial charge in [0, 0.05) is 6.07 Å². The normalized spacial score (nSPS) is 11.7. The molecule has 7 nitrogen and oxygen atoms in total. The van der Waals surface area contributed by atoms with E-state index < -0.39 is 29.3 Å². The summed E-state index contributed by atoms with van der Waals surface area (Å²) in [7, 11) is 1.27. The third kappa shape index (κ3) is 4.43. The van der Waals surface area contributed by atoms with Crippen molar-refractivity contribution < 1.29 is 18.7 Å². The van der Waals surface area contributed by atoms with Gasteiger partial charge in [-0.1, -0.05) is 36.4 Å². The molecule has 29 heavy (non-hydrogen) atoms. The van der Waals surface area contributed by atoms with Crippen LogP contribution in [0, 0.1) is 12.7 Å². The molecular formula is C21H20FN3O4. The van der Waals surface area contributed by atoms with Gasteiger partial charge < -0.3 is 10.1 Å². The van der Waals surface area contributed by atoms with Crippen molar-refractivity contribution in [1.29, 1.82) is 0 Å². The second-order valence-corrected chi connectivity index (χ2v) is 6.46. The van der Waals surface area contributed by atoms with Gasteiger partial charge >= 0.3 is 5.97 Å². The minimum absolute atomic E-state index is 0.00145. The number of carbonyl (C=O) groups excluding carboxylic acids is 2. The molecule has 1 amide bonds. The van der Waals surface area contributed by atoms with Gasteiger partial charge in [-0.2, -0.15) is 0 Å². The number of para-hydroxylation sites is 1. The molecule has 0 bridgehead atoms. The van der Waals surface area contributed by atoms with Crippen molar-refractivity contribution in [2.75, 3.05) is 7.11 Å². The Hall–Kier alpha value is -3.68. The molecule has 2 aromatic carbocycles. The van der Waals surface area contributed by atoms with Crippen LogP contribution in [-0.2, 0) is 9.53 Å². The second-order valence-electron chi connectivity index (χ2n) is 6.46. The first-order chi connectivity index (χ1) is 13.9. The topological polar surface area (TPSA) is 93.2 Å². The van der Waals surface area contributed by atoms with E-state index in [9.17, 15) is 18.8 Å². The quantitative estimate of drug-likeness (QED) is 0.626. The lowest BCUT2D eigenvalue weighted by Crippen LogP contribution is -2.31. The molecule has 1 aromatic heterocycles. The number of esters is 1. The van der Waals surface area contributed by atoms with Gasteiger partial charge in [-0.15, -0.1) is 0 Å². The molecule has 0 aliphatic carbocycles. The summed E-state index contributed by atoms with van der Waals surface area (Å²) in [6, 6.07) is 13.5. The lowest BCUT2D eigenvalue weighted by atomic mass is 9.98. The van der Waals surface area contributed by atoms with E-state index in [1.54, 1.807) is 18.2 Å². The number of rotatable bonds is 6. The number of ether oxygens (including phenoxy) is 1. The van der Waals surface area contributed by atoms with E-state index >= 15 is 0 Å². The number of nitrogens with one attached hydrogen (secondary N) is 2. The third-order valence-corrected chi connectivity index (χ3v) is 4.53. The highest BCUT2D eigenvalue weighted by Gasteiger charge is 2.22. The first-order valence-electron chi connectivity index (χ1n) is 8.91. The highest BCUT2D eigenvalue weighted by atomic mass is 19.1. The number of aromatic amines is 1. The fourth-order valence-electron chi connectivity index (χ4n) is 3.03. The molecule has 0 unspecified atom stereocenters. The van der Waals surface area contributed by atoms with Crippen molar-refractivity contribution in [3.8, 4) is 5.69 Å². The number of benzene rings is 2. The SMILES string of the molecule is COC(=O)C[C@H](NC(=O)c1cc(=O)n(-c2ccccc2F)[nH]1)c1ccccc1C. The van der Waals surface area contributed by atoms with Gasteiger partial charge in [-0.3, -0.25) is 19.5 Å². The molecule has 0 saturated carbocycles. The number of nitrogens with zero attached hydrogens (tertiary/aromatic N) is 1. The monoisotopic (exact) mass is 397 g/mol. The Labute approximate surface area is 166 Å². The van der Waals surface area contributed by atoms with Crippen molar-refractivity contribution >= 4 is 11.9 Å². The van der Waals surface area contributed by atoms with E-state index in [1.165, 1.54) is 25.3 Å². The minimum atomic E-state index is -0.656. The standard InChI is InChI=1S/C21H20FN3O4/c1-13-7-3-4-8-14(13)16(12-20(27)29-2)23-21(28)17-11-19(26)25(24-17)18-10-6-5-9-15(18)22/h3-11,16,24H,12H2,1-2H3,(H,23,28)/t16-/m0/s1. The molecule has 0 aliphatic rings. The van der Waals surface area contributed by atoms with Crippen LogP contribution in [0.2, 0.25) is 0 Å². The zero-order valence-electron chi connectivity index (χ0n) is 15.9. The molecule has 0 fully saturated rings. The van der Waals surface area contributed by atoms with Gasteiger partial charge in [-0.25, -0.2) is 9.07 Å². The lowest BCUT2D eigenvalue weighted by Gasteiger charge is -2.19. The highest BCUT2D eigenvalue weighted by Crippen LogP contribution is 2.21. The number of hydrogen-bond donors (Lipinski definition) is 2. The van der Waals surface area contributed by atoms with Crippen LogP contribution >= 0.6 is 0 Å². The molecule has 150 valence electrons. The van der Waals surface area contributed by atoms with Crippen LogP contribution in [0.5, 0.6) is 0 Å². The van der Waals surface area contributed by atoms with Gasteiger partial charge in [-0.05, 0) is 30.2 Å². The summed E-state index contributed by atoms with van der Waals surface area (Å²) in [5.41, 5.74) is 1.00. The molecule has 3 rings (SSSR count). The number of methoxy groups -OCH3 is 1. The fraction of sp³-hybridized carbons (Fsp3) is 0.190. The summed E-state index contributed by atoms with van der Waals surface area (Å²) >= 11 is 0. The Kier molecular flexibility index (Phi) is 5.92. The van der Waals surface area contributed by atoms with Crippen LogP contribution in [0.4, 0.5) is 4.39 Å². The van der Waals surface area contributed by atoms with E-state index in [0.29, 0.717) is 0 Å². The molecule has 0 saturated heterocycles. The van der Waals surface area contributed by atoms with Crippen LogP contribution in [-0.4, -0.2) is 28.8 Å². The van der Waals surface area contributed by atoms with Gasteiger partial charge in [0.05, 0.1) is 19.6 Å². The maximum Gasteiger partial charge on any atom is 0.307 e. The lowest BCUT2D eigenvalue weighted by molar-refractivity contribution is -0.141. The molecule has 0 spiro atoms. The van der Waals surface area contributed by atoms with E-state index in [2.05, 4.69) is 10.4 Å². The number of aromatic nitrogens is 2. The zero-order chi connectivity index (χ0) is 21.0. The summed E-state index contributed by atoms with van der Waals surface area (Å²) < 4.78 is 19.7. The first-order valence-corrected chi connectivity index (χ1v) is 8.91. The number of halogens is 1. The second kappa shape index (κ2) is 8.55. The van der Waals surface area contributed by atoms with Gasteiger partial charge in [0.2, 0.25) is 0 Å². The average Bonchev–Trinajstić information content (AvgIpc) is 3.09. The van der Waals surface area contributed by atoms with Crippen molar-refractivity contribution in [3.05, 3.63) is 87.6 Å². The molecule has 3 aromatic rings. The Morgan fingerprint density at radius 3 is 2.55 bits per heavy atom. The van der Waals surface area contributed by atoms with Crippen molar-refractivity contribution in [2.24, 2.45) is 0 Å². The molecule has 1 heterocycles. The first kappa shape index (κ1) is 20.1. The Bertz CT molecular complexity index is 1100. The van der Waals surface area contributed by atoms with Crippen LogP contribution in [0.1, 0.15) is 34.1 Å². The van der Waals surface area contributed by atoms with Gasteiger partial charge in [0.1, 0.15) is 17.2 Å². The summed E-state index contributed by atoms with van der Waals surface area (Å²) in [5, 5.41) is 5.36. The van der Waals surface area contributed by atoms with E-state index in [4.69, 9.17) is 4.74 Å². The minimum Gasteiger partial charge on any atom is -0.469 e. The molecule has 0 radical (unpaired) electrons. The van der Waals surface area contributed by atoms with E-state index in [-0.39, 0.29) is 17.8 Å². The van der Waals surface area contributed by atoms with Crippen LogP contribution in [0.3, 0.4) is 0 Å². The molecule has 8 heteroatoms. The molecule has 0 aliphatic heterocycles. The van der Waals surface area contributed by atoms with Gasteiger partial charge in [0.15, 0.2) is 0 Å². The Morgan fingerprint density at radius 2 is 1.86 bits per heavy atom. The summed E-state index contributed by atoms with van der Waals surface area (Å²) in [5.74, 6) is -1.70. The smallest absolute Gasteiger partial charge is 0.307 e. The van der Waals surface area contributed by atoms with Crippen molar-refractivity contribution in [2.45, 2.75) is 19.4 Å². The van der Waals surface area contributed by atoms with Crippen LogP contribution in [0.25, 0.3) is 5.69 Å². The van der Waals surface area contributed by atoms with E-state index in [1.807, 2.05) is 19.1 Å². The third-order valence-electron chi connectivity index (χ3n) is 4.53. The molecule has 1 atom stereocenters. The number of carbonyl (C=O) groups is 2. The maximum absolute atomic E-state index is 14.0. The highest BCUT2D eigenvalue weighted by molar-refractivity contribution is 5.92. The van der Waals surface area contributed by atoms with Crippen LogP contribution < -0.4 is 10.9 Å². The number of H-pyrrole nitrogens is 1. The number of aryl methyl sites for hydroxylation is 1. The summed E-state index contributed by atoms with van der Waals surface area (Å²) in [6.07, 6.45) is -0.0780. The predicted molar refractivity (Wildman–Crippen MR) is 104 cm³/mol. The number of hydrogen-bond acceptors (Lipinski definition) is 4. The van der Waals surface area contributed by atoms with Crippen molar-refractivity contribution in [3.63, 3.8) is 0 Å². The summed E-state index contributed by atoms with van der Waals surface area (Å²) in [6.45, 7) is 1.86. The number of amides is 1. The fourth-order valence-corrected chi connectivity index (χ4v) is 3.03. The predicted octanol–water partition coefficient (Wildman–Crippen LogP) is 2.65. The zero-order valence-corrected chi connectivity index (χ0v) is 15.9. The summed E-state index contributed by atoms with van der Waals surface area (Å²) in [4.78, 5) is 36.8. The Balaban J connectivity index is 1.90. The van der Waals surface area contributed by atoms with Crippen molar-refractivity contribution in [1.82, 2.24) is 15.1 Å².